The highest BCUT2D eigenvalue weighted by molar-refractivity contribution is 9.10. The van der Waals surface area contributed by atoms with Gasteiger partial charge in [0.05, 0.1) is 17.3 Å². The Labute approximate surface area is 152 Å². The molecule has 1 aromatic heterocycles. The van der Waals surface area contributed by atoms with Gasteiger partial charge in [-0.2, -0.15) is 5.26 Å². The van der Waals surface area contributed by atoms with Crippen LogP contribution in [0.15, 0.2) is 70.4 Å². The maximum Gasteiger partial charge on any atom is 0.227 e. The first-order valence-electron chi connectivity index (χ1n) is 7.28. The molecule has 0 saturated carbocycles. The van der Waals surface area contributed by atoms with E-state index in [0.717, 1.165) is 15.7 Å². The van der Waals surface area contributed by atoms with Crippen molar-refractivity contribution >= 4 is 33.3 Å². The first kappa shape index (κ1) is 16.6. The molecule has 7 heteroatoms. The molecule has 0 aliphatic rings. The molecular weight excluding hydrogens is 382 g/mol. The van der Waals surface area contributed by atoms with E-state index in [-0.39, 0.29) is 0 Å². The SMILES string of the molecule is N#Cc1ccc(Nc2nccc(/C(=N/O)c3ccc(Br)cc3)n2)cc1. The molecule has 2 N–H and O–H groups in total. The van der Waals surface area contributed by atoms with Crippen molar-refractivity contribution < 1.29 is 5.21 Å². The minimum atomic E-state index is 0.345. The van der Waals surface area contributed by atoms with E-state index in [1.165, 1.54) is 0 Å². The first-order chi connectivity index (χ1) is 12.2. The molecule has 0 atom stereocenters. The molecule has 6 nitrogen and oxygen atoms in total. The average Bonchev–Trinajstić information content (AvgIpc) is 2.65. The number of aromatic nitrogens is 2. The molecule has 2 aromatic carbocycles. The Morgan fingerprint density at radius 3 is 2.44 bits per heavy atom. The van der Waals surface area contributed by atoms with E-state index in [2.05, 4.69) is 42.4 Å². The Kier molecular flexibility index (Phi) is 5.02. The second-order valence-corrected chi connectivity index (χ2v) is 5.95. The van der Waals surface area contributed by atoms with Gasteiger partial charge in [0.2, 0.25) is 5.95 Å². The van der Waals surface area contributed by atoms with Crippen molar-refractivity contribution in [2.75, 3.05) is 5.32 Å². The van der Waals surface area contributed by atoms with E-state index in [1.807, 2.05) is 24.3 Å². The van der Waals surface area contributed by atoms with Crippen LogP contribution in [0.5, 0.6) is 0 Å². The second-order valence-electron chi connectivity index (χ2n) is 5.04. The first-order valence-corrected chi connectivity index (χ1v) is 8.07. The van der Waals surface area contributed by atoms with Crippen LogP contribution >= 0.6 is 15.9 Å². The predicted octanol–water partition coefficient (Wildman–Crippen LogP) is 4.08. The zero-order valence-electron chi connectivity index (χ0n) is 12.9. The Morgan fingerprint density at radius 1 is 1.08 bits per heavy atom. The molecule has 25 heavy (non-hydrogen) atoms. The lowest BCUT2D eigenvalue weighted by molar-refractivity contribution is 0.319. The molecule has 0 radical (unpaired) electrons. The molecule has 0 unspecified atom stereocenters. The molecule has 0 bridgehead atoms. The normalized spacial score (nSPS) is 11.0. The summed E-state index contributed by atoms with van der Waals surface area (Å²) < 4.78 is 0.930. The summed E-state index contributed by atoms with van der Waals surface area (Å²) in [5.74, 6) is 0.362. The number of anilines is 2. The molecule has 0 saturated heterocycles. The van der Waals surface area contributed by atoms with Crippen LogP contribution in [0.25, 0.3) is 0 Å². The van der Waals surface area contributed by atoms with Gasteiger partial charge in [0.15, 0.2) is 0 Å². The van der Waals surface area contributed by atoms with Gasteiger partial charge in [0.25, 0.3) is 0 Å². The van der Waals surface area contributed by atoms with Crippen molar-refractivity contribution in [2.24, 2.45) is 5.16 Å². The van der Waals surface area contributed by atoms with Gasteiger partial charge in [-0.25, -0.2) is 9.97 Å². The number of nitriles is 1. The fraction of sp³-hybridized carbons (Fsp3) is 0. The molecule has 0 spiro atoms. The fourth-order valence-electron chi connectivity index (χ4n) is 2.17. The lowest BCUT2D eigenvalue weighted by Crippen LogP contribution is -2.08. The van der Waals surface area contributed by atoms with E-state index in [1.54, 1.807) is 36.5 Å². The van der Waals surface area contributed by atoms with Gasteiger partial charge in [-0.05, 0) is 42.5 Å². The van der Waals surface area contributed by atoms with Gasteiger partial charge in [-0.1, -0.05) is 33.2 Å². The summed E-state index contributed by atoms with van der Waals surface area (Å²) >= 11 is 3.37. The van der Waals surface area contributed by atoms with Crippen molar-refractivity contribution in [1.29, 1.82) is 5.26 Å². The van der Waals surface area contributed by atoms with Gasteiger partial charge in [0, 0.05) is 21.9 Å². The zero-order chi connectivity index (χ0) is 17.6. The Hall–Kier alpha value is -3.24. The van der Waals surface area contributed by atoms with Crippen LogP contribution in [-0.2, 0) is 0 Å². The van der Waals surface area contributed by atoms with Crippen LogP contribution in [0.1, 0.15) is 16.8 Å². The summed E-state index contributed by atoms with van der Waals surface area (Å²) in [6, 6.07) is 18.1. The van der Waals surface area contributed by atoms with Gasteiger partial charge < -0.3 is 10.5 Å². The third kappa shape index (κ3) is 4.00. The van der Waals surface area contributed by atoms with E-state index in [9.17, 15) is 5.21 Å². The van der Waals surface area contributed by atoms with E-state index in [4.69, 9.17) is 5.26 Å². The third-order valence-electron chi connectivity index (χ3n) is 3.39. The lowest BCUT2D eigenvalue weighted by Gasteiger charge is -2.08. The summed E-state index contributed by atoms with van der Waals surface area (Å²) in [6.07, 6.45) is 1.58. The molecule has 1 heterocycles. The van der Waals surface area contributed by atoms with E-state index in [0.29, 0.717) is 22.9 Å². The number of rotatable bonds is 4. The standard InChI is InChI=1S/C18H12BrN5O/c19-14-5-3-13(4-6-14)17(24-25)16-9-10-21-18(23-16)22-15-7-1-12(11-20)2-8-15/h1-10,25H,(H,21,22,23)/b24-17+. The highest BCUT2D eigenvalue weighted by atomic mass is 79.9. The average molecular weight is 394 g/mol. The van der Waals surface area contributed by atoms with Gasteiger partial charge >= 0.3 is 0 Å². The Bertz CT molecular complexity index is 946. The minimum Gasteiger partial charge on any atom is -0.410 e. The highest BCUT2D eigenvalue weighted by Gasteiger charge is 2.11. The quantitative estimate of drug-likeness (QED) is 0.395. The van der Waals surface area contributed by atoms with Crippen molar-refractivity contribution in [3.63, 3.8) is 0 Å². The number of nitrogens with one attached hydrogen (secondary N) is 1. The van der Waals surface area contributed by atoms with Gasteiger partial charge in [0.1, 0.15) is 5.71 Å². The number of hydrogen-bond acceptors (Lipinski definition) is 6. The molecule has 122 valence electrons. The van der Waals surface area contributed by atoms with Crippen molar-refractivity contribution in [3.8, 4) is 6.07 Å². The zero-order valence-corrected chi connectivity index (χ0v) is 14.5. The maximum atomic E-state index is 9.41. The van der Waals surface area contributed by atoms with Crippen LogP contribution in [0.4, 0.5) is 11.6 Å². The summed E-state index contributed by atoms with van der Waals surface area (Å²) in [5.41, 5.74) is 2.88. The predicted molar refractivity (Wildman–Crippen MR) is 98.0 cm³/mol. The number of hydrogen-bond donors (Lipinski definition) is 2. The van der Waals surface area contributed by atoms with Gasteiger partial charge in [-0.15, -0.1) is 0 Å². The summed E-state index contributed by atoms with van der Waals surface area (Å²) in [5, 5.41) is 24.7. The van der Waals surface area contributed by atoms with Crippen molar-refractivity contribution in [1.82, 2.24) is 9.97 Å². The summed E-state index contributed by atoms with van der Waals surface area (Å²) in [6.45, 7) is 0. The van der Waals surface area contributed by atoms with Crippen LogP contribution in [0.3, 0.4) is 0 Å². The monoisotopic (exact) mass is 393 g/mol. The minimum absolute atomic E-state index is 0.345. The van der Waals surface area contributed by atoms with Gasteiger partial charge in [-0.3, -0.25) is 0 Å². The largest absolute Gasteiger partial charge is 0.410 e. The van der Waals surface area contributed by atoms with Crippen LogP contribution < -0.4 is 5.32 Å². The molecular formula is C18H12BrN5O. The molecule has 0 fully saturated rings. The maximum absolute atomic E-state index is 9.41. The summed E-state index contributed by atoms with van der Waals surface area (Å²) in [4.78, 5) is 8.56. The van der Waals surface area contributed by atoms with Crippen LogP contribution in [0, 0.1) is 11.3 Å². The van der Waals surface area contributed by atoms with Crippen LogP contribution in [-0.4, -0.2) is 20.9 Å². The lowest BCUT2D eigenvalue weighted by atomic mass is 10.1. The van der Waals surface area contributed by atoms with Crippen LogP contribution in [0.2, 0.25) is 0 Å². The molecule has 0 aliphatic carbocycles. The third-order valence-corrected chi connectivity index (χ3v) is 3.91. The fourth-order valence-corrected chi connectivity index (χ4v) is 2.44. The van der Waals surface area contributed by atoms with E-state index < -0.39 is 0 Å². The molecule has 0 amide bonds. The smallest absolute Gasteiger partial charge is 0.227 e. The molecule has 0 aliphatic heterocycles. The van der Waals surface area contributed by atoms with Crippen molar-refractivity contribution in [2.45, 2.75) is 0 Å². The Morgan fingerprint density at radius 2 is 1.80 bits per heavy atom. The van der Waals surface area contributed by atoms with E-state index >= 15 is 0 Å². The second kappa shape index (κ2) is 7.55. The molecule has 3 rings (SSSR count). The molecule has 3 aromatic rings. The number of halogens is 1. The highest BCUT2D eigenvalue weighted by Crippen LogP contribution is 2.17. The topological polar surface area (TPSA) is 94.2 Å². The number of benzene rings is 2. The number of nitrogens with zero attached hydrogens (tertiary/aromatic N) is 4. The summed E-state index contributed by atoms with van der Waals surface area (Å²) in [7, 11) is 0. The van der Waals surface area contributed by atoms with Crippen molar-refractivity contribution in [3.05, 3.63) is 82.1 Å². The Balaban J connectivity index is 1.87. The number of oxime groups is 1.